The van der Waals surface area contributed by atoms with E-state index in [1.807, 2.05) is 31.3 Å². The van der Waals surface area contributed by atoms with Crippen LogP contribution in [0, 0.1) is 0 Å². The Hall–Kier alpha value is -2.30. The molecule has 0 spiro atoms. The molecule has 1 rings (SSSR count). The van der Waals surface area contributed by atoms with Gasteiger partial charge < -0.3 is 15.5 Å². The van der Waals surface area contributed by atoms with Crippen molar-refractivity contribution in [1.29, 1.82) is 0 Å². The molecular formula is C17H26N4O. The number of guanidine groups is 1. The molecule has 1 amide bonds. The topological polar surface area (TPSA) is 56.7 Å². The lowest BCUT2D eigenvalue weighted by molar-refractivity contribution is 0.0963. The predicted molar refractivity (Wildman–Crippen MR) is 92.1 cm³/mol. The Balaban J connectivity index is 2.59. The lowest BCUT2D eigenvalue weighted by Gasteiger charge is -2.22. The van der Waals surface area contributed by atoms with Gasteiger partial charge >= 0.3 is 0 Å². The number of benzene rings is 1. The van der Waals surface area contributed by atoms with E-state index in [4.69, 9.17) is 0 Å². The molecule has 0 aliphatic carbocycles. The average Bonchev–Trinajstić information content (AvgIpc) is 2.55. The summed E-state index contributed by atoms with van der Waals surface area (Å²) in [7, 11) is 5.42. The molecule has 0 saturated carbocycles. The van der Waals surface area contributed by atoms with E-state index in [2.05, 4.69) is 27.1 Å². The Morgan fingerprint density at radius 2 is 2.23 bits per heavy atom. The number of hydrogen-bond donors (Lipinski definition) is 2. The Bertz CT molecular complexity index is 525. The second-order valence-electron chi connectivity index (χ2n) is 5.03. The van der Waals surface area contributed by atoms with Crippen molar-refractivity contribution in [2.45, 2.75) is 19.4 Å². The minimum atomic E-state index is -0.0761. The van der Waals surface area contributed by atoms with Crippen molar-refractivity contribution in [3.05, 3.63) is 48.0 Å². The molecule has 5 heteroatoms. The highest BCUT2D eigenvalue weighted by molar-refractivity contribution is 5.94. The number of hydrogen-bond acceptors (Lipinski definition) is 2. The van der Waals surface area contributed by atoms with E-state index in [0.717, 1.165) is 30.9 Å². The summed E-state index contributed by atoms with van der Waals surface area (Å²) >= 11 is 0. The van der Waals surface area contributed by atoms with Gasteiger partial charge in [-0.2, -0.15) is 0 Å². The lowest BCUT2D eigenvalue weighted by Crippen LogP contribution is -2.39. The van der Waals surface area contributed by atoms with E-state index >= 15 is 0 Å². The van der Waals surface area contributed by atoms with Crippen LogP contribution in [0.5, 0.6) is 0 Å². The third-order valence-corrected chi connectivity index (χ3v) is 3.34. The summed E-state index contributed by atoms with van der Waals surface area (Å²) < 4.78 is 0. The maximum absolute atomic E-state index is 11.6. The fourth-order valence-electron chi connectivity index (χ4n) is 2.11. The molecule has 0 atom stereocenters. The molecule has 5 nitrogen and oxygen atoms in total. The van der Waals surface area contributed by atoms with Gasteiger partial charge in [-0.05, 0) is 30.5 Å². The first-order valence-corrected chi connectivity index (χ1v) is 7.46. The van der Waals surface area contributed by atoms with E-state index in [-0.39, 0.29) is 5.91 Å². The first-order chi connectivity index (χ1) is 10.6. The highest BCUT2D eigenvalue weighted by atomic mass is 16.1. The number of amides is 1. The van der Waals surface area contributed by atoms with E-state index in [1.165, 1.54) is 0 Å². The fraction of sp³-hybridized carbons (Fsp3) is 0.412. The quantitative estimate of drug-likeness (QED) is 0.351. The minimum absolute atomic E-state index is 0.0761. The molecular weight excluding hydrogens is 276 g/mol. The van der Waals surface area contributed by atoms with Crippen molar-refractivity contribution in [3.8, 4) is 0 Å². The molecule has 0 aliphatic heterocycles. The highest BCUT2D eigenvalue weighted by Gasteiger charge is 2.07. The van der Waals surface area contributed by atoms with E-state index in [9.17, 15) is 4.79 Å². The van der Waals surface area contributed by atoms with Gasteiger partial charge in [-0.25, -0.2) is 0 Å². The summed E-state index contributed by atoms with van der Waals surface area (Å²) in [6.07, 6.45) is 3.97. The molecule has 0 radical (unpaired) electrons. The van der Waals surface area contributed by atoms with Crippen molar-refractivity contribution in [3.63, 3.8) is 0 Å². The van der Waals surface area contributed by atoms with Gasteiger partial charge in [0.05, 0.1) is 0 Å². The largest absolute Gasteiger partial charge is 0.355 e. The number of rotatable bonds is 7. The lowest BCUT2D eigenvalue weighted by atomic mass is 10.1. The zero-order chi connectivity index (χ0) is 16.4. The van der Waals surface area contributed by atoms with Gasteiger partial charge in [-0.3, -0.25) is 9.79 Å². The van der Waals surface area contributed by atoms with Crippen LogP contribution in [-0.2, 0) is 6.54 Å². The minimum Gasteiger partial charge on any atom is -0.355 e. The summed E-state index contributed by atoms with van der Waals surface area (Å²) in [4.78, 5) is 18.0. The summed E-state index contributed by atoms with van der Waals surface area (Å²) in [5.41, 5.74) is 1.71. The number of nitrogens with one attached hydrogen (secondary N) is 2. The first kappa shape index (κ1) is 17.8. The summed E-state index contributed by atoms with van der Waals surface area (Å²) in [6.45, 7) is 5.28. The molecule has 120 valence electrons. The molecule has 0 aliphatic rings. The van der Waals surface area contributed by atoms with Crippen LogP contribution in [0.25, 0.3) is 0 Å². The van der Waals surface area contributed by atoms with Crippen LogP contribution < -0.4 is 10.6 Å². The van der Waals surface area contributed by atoms with Crippen molar-refractivity contribution < 1.29 is 4.79 Å². The normalized spacial score (nSPS) is 11.0. The van der Waals surface area contributed by atoms with Crippen molar-refractivity contribution in [1.82, 2.24) is 15.5 Å². The van der Waals surface area contributed by atoms with Gasteiger partial charge in [0.15, 0.2) is 5.96 Å². The van der Waals surface area contributed by atoms with Crippen LogP contribution >= 0.6 is 0 Å². The number of carbonyl (C=O) groups is 1. The Labute approximate surface area is 133 Å². The molecule has 1 aromatic carbocycles. The molecule has 0 aromatic heterocycles. The fourth-order valence-corrected chi connectivity index (χ4v) is 2.11. The zero-order valence-electron chi connectivity index (χ0n) is 13.7. The SMILES string of the molecule is C=CCCCN(C)C(=NC)NCc1cccc(C(=O)NC)c1. The Morgan fingerprint density at radius 3 is 2.86 bits per heavy atom. The van der Waals surface area contributed by atoms with E-state index in [1.54, 1.807) is 20.2 Å². The van der Waals surface area contributed by atoms with Gasteiger partial charge in [-0.1, -0.05) is 18.2 Å². The second kappa shape index (κ2) is 9.60. The van der Waals surface area contributed by atoms with Gasteiger partial charge in [-0.15, -0.1) is 6.58 Å². The Kier molecular flexibility index (Phi) is 7.75. The van der Waals surface area contributed by atoms with Crippen LogP contribution in [-0.4, -0.2) is 44.5 Å². The number of unbranched alkanes of at least 4 members (excludes halogenated alkanes) is 1. The molecule has 0 fully saturated rings. The maximum atomic E-state index is 11.6. The van der Waals surface area contributed by atoms with Crippen molar-refractivity contribution in [2.24, 2.45) is 4.99 Å². The van der Waals surface area contributed by atoms with Gasteiger partial charge in [0.25, 0.3) is 5.91 Å². The number of aliphatic imine (C=N–C) groups is 1. The molecule has 2 N–H and O–H groups in total. The third kappa shape index (κ3) is 5.60. The zero-order valence-corrected chi connectivity index (χ0v) is 13.7. The van der Waals surface area contributed by atoms with E-state index in [0.29, 0.717) is 12.1 Å². The first-order valence-electron chi connectivity index (χ1n) is 7.46. The van der Waals surface area contributed by atoms with E-state index < -0.39 is 0 Å². The van der Waals surface area contributed by atoms with Crippen LogP contribution in [0.1, 0.15) is 28.8 Å². The molecule has 1 aromatic rings. The Morgan fingerprint density at radius 1 is 1.45 bits per heavy atom. The van der Waals surface area contributed by atoms with Gasteiger partial charge in [0, 0.05) is 39.8 Å². The highest BCUT2D eigenvalue weighted by Crippen LogP contribution is 2.05. The molecule has 0 unspecified atom stereocenters. The van der Waals surface area contributed by atoms with Crippen molar-refractivity contribution in [2.75, 3.05) is 27.7 Å². The number of carbonyl (C=O) groups excluding carboxylic acids is 1. The standard InChI is InChI=1S/C17H26N4O/c1-5-6-7-11-21(4)17(19-3)20-13-14-9-8-10-15(12-14)16(22)18-2/h5,8-10,12H,1,6-7,11,13H2,2-4H3,(H,18,22)(H,19,20). The summed E-state index contributed by atoms with van der Waals surface area (Å²) in [5, 5.41) is 5.95. The molecule has 0 saturated heterocycles. The van der Waals surface area contributed by atoms with Crippen molar-refractivity contribution >= 4 is 11.9 Å². The summed E-state index contributed by atoms with van der Waals surface area (Å²) in [5.74, 6) is 0.766. The molecule has 0 bridgehead atoms. The van der Waals surface area contributed by atoms with Gasteiger partial charge in [0.1, 0.15) is 0 Å². The summed E-state index contributed by atoms with van der Waals surface area (Å²) in [6, 6.07) is 7.57. The van der Waals surface area contributed by atoms with Crippen LogP contribution in [0.4, 0.5) is 0 Å². The monoisotopic (exact) mass is 302 g/mol. The van der Waals surface area contributed by atoms with Crippen LogP contribution in [0.15, 0.2) is 41.9 Å². The third-order valence-electron chi connectivity index (χ3n) is 3.34. The van der Waals surface area contributed by atoms with Gasteiger partial charge in [0.2, 0.25) is 0 Å². The maximum Gasteiger partial charge on any atom is 0.251 e. The molecule has 0 heterocycles. The second-order valence-corrected chi connectivity index (χ2v) is 5.03. The smallest absolute Gasteiger partial charge is 0.251 e. The van der Waals surface area contributed by atoms with Crippen LogP contribution in [0.2, 0.25) is 0 Å². The predicted octanol–water partition coefficient (Wildman–Crippen LogP) is 2.02. The number of nitrogens with zero attached hydrogens (tertiary/aromatic N) is 2. The van der Waals surface area contributed by atoms with Crippen LogP contribution in [0.3, 0.4) is 0 Å². The number of allylic oxidation sites excluding steroid dienone is 1. The average molecular weight is 302 g/mol. The molecule has 22 heavy (non-hydrogen) atoms.